The molecule has 1 aromatic heterocycles. The molecule has 0 fully saturated rings. The fraction of sp³-hybridized carbons (Fsp3) is 0.250. The molecule has 0 aliphatic heterocycles. The summed E-state index contributed by atoms with van der Waals surface area (Å²) in [5.74, 6) is 1.65. The molecule has 1 amide bonds. The molecule has 0 bridgehead atoms. The summed E-state index contributed by atoms with van der Waals surface area (Å²) in [4.78, 5) is 11.9. The number of ether oxygens (including phenoxy) is 1. The Hall–Kier alpha value is -3.15. The third kappa shape index (κ3) is 5.17. The van der Waals surface area contributed by atoms with Gasteiger partial charge in [-0.15, -0.1) is 10.2 Å². The molecule has 1 N–H and O–H groups in total. The van der Waals surface area contributed by atoms with Gasteiger partial charge in [0.05, 0.1) is 6.54 Å². The normalized spacial score (nSPS) is 10.5. The summed E-state index contributed by atoms with van der Waals surface area (Å²) < 4.78 is 11.2. The van der Waals surface area contributed by atoms with Crippen LogP contribution in [0.1, 0.15) is 17.9 Å². The lowest BCUT2D eigenvalue weighted by atomic mass is 10.2. The van der Waals surface area contributed by atoms with Crippen LogP contribution < -0.4 is 10.1 Å². The molecule has 0 spiro atoms. The van der Waals surface area contributed by atoms with E-state index in [2.05, 4.69) is 15.5 Å². The van der Waals surface area contributed by atoms with Crippen molar-refractivity contribution in [2.75, 3.05) is 13.2 Å². The molecule has 0 saturated carbocycles. The van der Waals surface area contributed by atoms with E-state index in [1.165, 1.54) is 0 Å². The topological polar surface area (TPSA) is 77.2 Å². The summed E-state index contributed by atoms with van der Waals surface area (Å²) in [6, 6.07) is 17.4. The Morgan fingerprint density at radius 2 is 1.96 bits per heavy atom. The van der Waals surface area contributed by atoms with E-state index in [1.807, 2.05) is 61.5 Å². The molecule has 3 rings (SSSR count). The first-order valence-corrected chi connectivity index (χ1v) is 8.55. The first-order valence-electron chi connectivity index (χ1n) is 8.55. The number of benzene rings is 2. The Morgan fingerprint density at radius 3 is 2.77 bits per heavy atom. The van der Waals surface area contributed by atoms with E-state index in [4.69, 9.17) is 9.15 Å². The predicted molar refractivity (Wildman–Crippen MR) is 97.7 cm³/mol. The van der Waals surface area contributed by atoms with E-state index in [0.29, 0.717) is 37.8 Å². The summed E-state index contributed by atoms with van der Waals surface area (Å²) >= 11 is 0. The number of nitrogens with one attached hydrogen (secondary N) is 1. The van der Waals surface area contributed by atoms with Crippen molar-refractivity contribution in [3.63, 3.8) is 0 Å². The summed E-state index contributed by atoms with van der Waals surface area (Å²) in [7, 11) is 0. The van der Waals surface area contributed by atoms with Crippen LogP contribution in [0.15, 0.2) is 59.0 Å². The highest BCUT2D eigenvalue weighted by molar-refractivity contribution is 5.76. The van der Waals surface area contributed by atoms with Gasteiger partial charge in [-0.3, -0.25) is 4.79 Å². The van der Waals surface area contributed by atoms with Crippen LogP contribution in [-0.4, -0.2) is 29.3 Å². The van der Waals surface area contributed by atoms with Gasteiger partial charge in [-0.1, -0.05) is 30.3 Å². The second-order valence-corrected chi connectivity index (χ2v) is 5.88. The zero-order chi connectivity index (χ0) is 18.2. The molecule has 0 aliphatic rings. The minimum atomic E-state index is -0.0719. The van der Waals surface area contributed by atoms with Crippen molar-refractivity contribution in [2.45, 2.75) is 19.8 Å². The highest BCUT2D eigenvalue weighted by Gasteiger charge is 2.10. The van der Waals surface area contributed by atoms with E-state index >= 15 is 0 Å². The Bertz CT molecular complexity index is 846. The van der Waals surface area contributed by atoms with Crippen LogP contribution in [0.4, 0.5) is 0 Å². The number of carbonyl (C=O) groups is 1. The molecule has 134 valence electrons. The van der Waals surface area contributed by atoms with Crippen molar-refractivity contribution in [2.24, 2.45) is 0 Å². The second kappa shape index (κ2) is 8.80. The van der Waals surface area contributed by atoms with Crippen LogP contribution in [0, 0.1) is 6.92 Å². The standard InChI is InChI=1S/C20H21N3O3/c1-15-6-5-9-17(14-15)25-13-12-21-18(24)10-11-19-22-23-20(26-19)16-7-3-2-4-8-16/h2-9,14H,10-13H2,1H3,(H,21,24). The number of hydrogen-bond donors (Lipinski definition) is 1. The van der Waals surface area contributed by atoms with Crippen molar-refractivity contribution >= 4 is 5.91 Å². The van der Waals surface area contributed by atoms with Gasteiger partial charge in [-0.05, 0) is 36.8 Å². The lowest BCUT2D eigenvalue weighted by Gasteiger charge is -2.07. The van der Waals surface area contributed by atoms with Crippen LogP contribution in [-0.2, 0) is 11.2 Å². The van der Waals surface area contributed by atoms with Crippen LogP contribution in [0.3, 0.4) is 0 Å². The monoisotopic (exact) mass is 351 g/mol. The summed E-state index contributed by atoms with van der Waals surface area (Å²) in [5.41, 5.74) is 2.00. The Morgan fingerprint density at radius 1 is 1.12 bits per heavy atom. The molecule has 1 heterocycles. The average Bonchev–Trinajstić information content (AvgIpc) is 3.13. The maximum atomic E-state index is 11.9. The van der Waals surface area contributed by atoms with Gasteiger partial charge in [0, 0.05) is 18.4 Å². The molecule has 0 unspecified atom stereocenters. The van der Waals surface area contributed by atoms with Crippen LogP contribution in [0.5, 0.6) is 5.75 Å². The third-order valence-corrected chi connectivity index (χ3v) is 3.74. The molecule has 3 aromatic rings. The first kappa shape index (κ1) is 17.7. The highest BCUT2D eigenvalue weighted by Crippen LogP contribution is 2.17. The minimum absolute atomic E-state index is 0.0719. The van der Waals surface area contributed by atoms with Crippen molar-refractivity contribution in [3.05, 3.63) is 66.1 Å². The summed E-state index contributed by atoms with van der Waals surface area (Å²) in [6.45, 7) is 2.88. The fourth-order valence-electron chi connectivity index (χ4n) is 2.43. The summed E-state index contributed by atoms with van der Waals surface area (Å²) in [5, 5.41) is 10.8. The molecule has 0 atom stereocenters. The van der Waals surface area contributed by atoms with E-state index in [9.17, 15) is 4.79 Å². The molecular formula is C20H21N3O3. The molecule has 6 nitrogen and oxygen atoms in total. The second-order valence-electron chi connectivity index (χ2n) is 5.88. The van der Waals surface area contributed by atoms with Crippen molar-refractivity contribution in [1.29, 1.82) is 0 Å². The van der Waals surface area contributed by atoms with Gasteiger partial charge in [0.25, 0.3) is 0 Å². The molecular weight excluding hydrogens is 330 g/mol. The van der Waals surface area contributed by atoms with E-state index < -0.39 is 0 Å². The van der Waals surface area contributed by atoms with E-state index in [-0.39, 0.29) is 5.91 Å². The van der Waals surface area contributed by atoms with Gasteiger partial charge in [0.2, 0.25) is 17.7 Å². The smallest absolute Gasteiger partial charge is 0.247 e. The number of hydrogen-bond acceptors (Lipinski definition) is 5. The van der Waals surface area contributed by atoms with Gasteiger partial charge >= 0.3 is 0 Å². The number of aryl methyl sites for hydroxylation is 2. The lowest BCUT2D eigenvalue weighted by molar-refractivity contribution is -0.121. The fourth-order valence-corrected chi connectivity index (χ4v) is 2.43. The zero-order valence-corrected chi connectivity index (χ0v) is 14.6. The maximum absolute atomic E-state index is 11.9. The summed E-state index contributed by atoms with van der Waals surface area (Å²) in [6.07, 6.45) is 0.700. The predicted octanol–water partition coefficient (Wildman–Crippen LogP) is 3.17. The van der Waals surface area contributed by atoms with Crippen LogP contribution >= 0.6 is 0 Å². The highest BCUT2D eigenvalue weighted by atomic mass is 16.5. The number of nitrogens with zero attached hydrogens (tertiary/aromatic N) is 2. The van der Waals surface area contributed by atoms with E-state index in [0.717, 1.165) is 16.9 Å². The Balaban J connectivity index is 1.37. The quantitative estimate of drug-likeness (QED) is 0.631. The largest absolute Gasteiger partial charge is 0.492 e. The number of aromatic nitrogens is 2. The van der Waals surface area contributed by atoms with Gasteiger partial charge in [0.15, 0.2) is 0 Å². The van der Waals surface area contributed by atoms with Gasteiger partial charge in [-0.2, -0.15) is 0 Å². The van der Waals surface area contributed by atoms with Gasteiger partial charge < -0.3 is 14.5 Å². The average molecular weight is 351 g/mol. The third-order valence-electron chi connectivity index (χ3n) is 3.74. The lowest BCUT2D eigenvalue weighted by Crippen LogP contribution is -2.28. The molecule has 26 heavy (non-hydrogen) atoms. The molecule has 0 saturated heterocycles. The van der Waals surface area contributed by atoms with Gasteiger partial charge in [0.1, 0.15) is 12.4 Å². The first-order chi connectivity index (χ1) is 12.7. The Labute approximate surface area is 152 Å². The van der Waals surface area contributed by atoms with Crippen LogP contribution in [0.2, 0.25) is 0 Å². The number of amides is 1. The van der Waals surface area contributed by atoms with Crippen LogP contribution in [0.25, 0.3) is 11.5 Å². The molecule has 0 aliphatic carbocycles. The minimum Gasteiger partial charge on any atom is -0.492 e. The number of carbonyl (C=O) groups excluding carboxylic acids is 1. The van der Waals surface area contributed by atoms with Crippen molar-refractivity contribution in [1.82, 2.24) is 15.5 Å². The van der Waals surface area contributed by atoms with Crippen molar-refractivity contribution < 1.29 is 13.9 Å². The molecule has 0 radical (unpaired) electrons. The molecule has 6 heteroatoms. The Kier molecular flexibility index (Phi) is 5.98. The number of rotatable bonds is 8. The zero-order valence-electron chi connectivity index (χ0n) is 14.6. The van der Waals surface area contributed by atoms with Gasteiger partial charge in [-0.25, -0.2) is 0 Å². The van der Waals surface area contributed by atoms with E-state index in [1.54, 1.807) is 0 Å². The maximum Gasteiger partial charge on any atom is 0.247 e. The van der Waals surface area contributed by atoms with Crippen molar-refractivity contribution in [3.8, 4) is 17.2 Å². The SMILES string of the molecule is Cc1cccc(OCCNC(=O)CCc2nnc(-c3ccccc3)o2)c1. The molecule has 2 aromatic carbocycles.